The molecule has 1 saturated heterocycles. The first-order valence-electron chi connectivity index (χ1n) is 6.33. The number of hydrogen-bond acceptors (Lipinski definition) is 3. The van der Waals surface area contributed by atoms with Crippen LogP contribution in [0, 0.1) is 6.92 Å². The second kappa shape index (κ2) is 5.52. The lowest BCUT2D eigenvalue weighted by atomic mass is 10.2. The van der Waals surface area contributed by atoms with Crippen LogP contribution in [-0.4, -0.2) is 37.9 Å². The van der Waals surface area contributed by atoms with Crippen molar-refractivity contribution in [3.63, 3.8) is 0 Å². The Hall–Kier alpha value is -0.430. The largest absolute Gasteiger partial charge is 0.311 e. The van der Waals surface area contributed by atoms with Crippen LogP contribution in [0.3, 0.4) is 0 Å². The Balaban J connectivity index is 2.41. The van der Waals surface area contributed by atoms with Gasteiger partial charge < -0.3 is 5.32 Å². The van der Waals surface area contributed by atoms with Crippen LogP contribution in [-0.2, 0) is 10.0 Å². The van der Waals surface area contributed by atoms with E-state index in [9.17, 15) is 8.42 Å². The van der Waals surface area contributed by atoms with Crippen LogP contribution < -0.4 is 5.32 Å². The van der Waals surface area contributed by atoms with Gasteiger partial charge in [0.1, 0.15) is 0 Å². The van der Waals surface area contributed by atoms with Crippen LogP contribution in [0.1, 0.15) is 19.4 Å². The molecule has 0 saturated carbocycles. The summed E-state index contributed by atoms with van der Waals surface area (Å²) >= 11 is 3.36. The summed E-state index contributed by atoms with van der Waals surface area (Å²) < 4.78 is 27.7. The third-order valence-electron chi connectivity index (χ3n) is 3.38. The van der Waals surface area contributed by atoms with Gasteiger partial charge in [-0.05, 0) is 54.4 Å². The molecule has 1 aromatic carbocycles. The van der Waals surface area contributed by atoms with Crippen molar-refractivity contribution >= 4 is 26.0 Å². The van der Waals surface area contributed by atoms with E-state index < -0.39 is 10.0 Å². The van der Waals surface area contributed by atoms with E-state index in [1.165, 1.54) is 0 Å². The first-order chi connectivity index (χ1) is 8.82. The number of sulfonamides is 1. The molecule has 6 heteroatoms. The van der Waals surface area contributed by atoms with Crippen molar-refractivity contribution in [1.82, 2.24) is 9.62 Å². The first-order valence-corrected chi connectivity index (χ1v) is 8.57. The standard InChI is InChI=1S/C13H19BrN2O2S/c1-9-4-5-13(12(14)6-9)19(17,18)16-8-10(2)15-7-11(16)3/h4-6,10-11,15H,7-8H2,1-3H3. The van der Waals surface area contributed by atoms with Gasteiger partial charge in [-0.2, -0.15) is 4.31 Å². The Labute approximate surface area is 123 Å². The number of aryl methyl sites for hydroxylation is 1. The molecule has 0 aromatic heterocycles. The van der Waals surface area contributed by atoms with Crippen LogP contribution in [0.4, 0.5) is 0 Å². The summed E-state index contributed by atoms with van der Waals surface area (Å²) in [7, 11) is -3.45. The summed E-state index contributed by atoms with van der Waals surface area (Å²) in [6.45, 7) is 7.06. The highest BCUT2D eigenvalue weighted by Crippen LogP contribution is 2.28. The fraction of sp³-hybridized carbons (Fsp3) is 0.538. The summed E-state index contributed by atoms with van der Waals surface area (Å²) in [4.78, 5) is 0.346. The van der Waals surface area contributed by atoms with Crippen molar-refractivity contribution in [3.05, 3.63) is 28.2 Å². The summed E-state index contributed by atoms with van der Waals surface area (Å²) in [6, 6.07) is 5.48. The maximum Gasteiger partial charge on any atom is 0.244 e. The average Bonchev–Trinajstić information content (AvgIpc) is 2.31. The van der Waals surface area contributed by atoms with Gasteiger partial charge in [-0.1, -0.05) is 6.07 Å². The predicted molar refractivity (Wildman–Crippen MR) is 79.7 cm³/mol. The molecule has 1 N–H and O–H groups in total. The first kappa shape index (κ1) is 15.0. The number of hydrogen-bond donors (Lipinski definition) is 1. The van der Waals surface area contributed by atoms with Gasteiger partial charge in [-0.3, -0.25) is 0 Å². The van der Waals surface area contributed by atoms with E-state index in [0.29, 0.717) is 22.5 Å². The Bertz CT molecular complexity index is 574. The van der Waals surface area contributed by atoms with Gasteiger partial charge in [0, 0.05) is 29.6 Å². The lowest BCUT2D eigenvalue weighted by Gasteiger charge is -2.36. The SMILES string of the molecule is Cc1ccc(S(=O)(=O)N2CC(C)NCC2C)c(Br)c1. The maximum absolute atomic E-state index is 12.7. The number of nitrogens with one attached hydrogen (secondary N) is 1. The molecule has 0 aliphatic carbocycles. The molecule has 2 unspecified atom stereocenters. The minimum atomic E-state index is -3.45. The molecule has 1 aliphatic heterocycles. The molecular formula is C13H19BrN2O2S. The van der Waals surface area contributed by atoms with Gasteiger partial charge in [0.2, 0.25) is 10.0 Å². The Morgan fingerprint density at radius 1 is 1.37 bits per heavy atom. The van der Waals surface area contributed by atoms with Crippen molar-refractivity contribution in [2.75, 3.05) is 13.1 Å². The summed E-state index contributed by atoms with van der Waals surface area (Å²) in [5.74, 6) is 0. The van der Waals surface area contributed by atoms with E-state index in [1.54, 1.807) is 10.4 Å². The number of rotatable bonds is 2. The van der Waals surface area contributed by atoms with Crippen LogP contribution in [0.15, 0.2) is 27.6 Å². The minimum absolute atomic E-state index is 0.0330. The topological polar surface area (TPSA) is 49.4 Å². The van der Waals surface area contributed by atoms with E-state index in [0.717, 1.165) is 5.56 Å². The molecule has 0 radical (unpaired) electrons. The van der Waals surface area contributed by atoms with Gasteiger partial charge >= 0.3 is 0 Å². The molecule has 1 heterocycles. The molecule has 106 valence electrons. The van der Waals surface area contributed by atoms with Crippen molar-refractivity contribution in [2.45, 2.75) is 37.8 Å². The molecule has 0 bridgehead atoms. The Morgan fingerprint density at radius 2 is 2.05 bits per heavy atom. The normalized spacial score (nSPS) is 25.5. The fourth-order valence-corrected chi connectivity index (χ4v) is 5.14. The molecule has 1 fully saturated rings. The fourth-order valence-electron chi connectivity index (χ4n) is 2.26. The van der Waals surface area contributed by atoms with Gasteiger partial charge in [-0.15, -0.1) is 0 Å². The molecule has 1 aromatic rings. The highest BCUT2D eigenvalue weighted by atomic mass is 79.9. The van der Waals surface area contributed by atoms with Gasteiger partial charge in [0.15, 0.2) is 0 Å². The van der Waals surface area contributed by atoms with Crippen LogP contribution in [0.2, 0.25) is 0 Å². The summed E-state index contributed by atoms with van der Waals surface area (Å²) in [5, 5.41) is 3.29. The van der Waals surface area contributed by atoms with Crippen molar-refractivity contribution in [3.8, 4) is 0 Å². The second-order valence-corrected chi connectivity index (χ2v) is 7.88. The van der Waals surface area contributed by atoms with Gasteiger partial charge in [0.05, 0.1) is 4.90 Å². The Kier molecular flexibility index (Phi) is 4.35. The predicted octanol–water partition coefficient (Wildman–Crippen LogP) is 2.13. The third kappa shape index (κ3) is 3.02. The number of nitrogens with zero attached hydrogens (tertiary/aromatic N) is 1. The quantitative estimate of drug-likeness (QED) is 0.892. The lowest BCUT2D eigenvalue weighted by Crippen LogP contribution is -2.56. The molecule has 0 spiro atoms. The molecule has 1 aliphatic rings. The maximum atomic E-state index is 12.7. The van der Waals surface area contributed by atoms with Crippen molar-refractivity contribution < 1.29 is 8.42 Å². The van der Waals surface area contributed by atoms with Gasteiger partial charge in [-0.25, -0.2) is 8.42 Å². The number of halogens is 1. The minimum Gasteiger partial charge on any atom is -0.311 e. The Morgan fingerprint density at radius 3 is 2.68 bits per heavy atom. The van der Waals surface area contributed by atoms with E-state index in [2.05, 4.69) is 21.2 Å². The zero-order valence-electron chi connectivity index (χ0n) is 11.4. The van der Waals surface area contributed by atoms with Crippen molar-refractivity contribution in [1.29, 1.82) is 0 Å². The van der Waals surface area contributed by atoms with E-state index in [-0.39, 0.29) is 12.1 Å². The average molecular weight is 347 g/mol. The zero-order chi connectivity index (χ0) is 14.2. The lowest BCUT2D eigenvalue weighted by molar-refractivity contribution is 0.244. The molecule has 2 rings (SSSR count). The highest BCUT2D eigenvalue weighted by molar-refractivity contribution is 9.10. The second-order valence-electron chi connectivity index (χ2n) is 5.17. The monoisotopic (exact) mass is 346 g/mol. The summed E-state index contributed by atoms with van der Waals surface area (Å²) in [6.07, 6.45) is 0. The molecular weight excluding hydrogens is 328 g/mol. The van der Waals surface area contributed by atoms with Crippen LogP contribution >= 0.6 is 15.9 Å². The third-order valence-corrected chi connectivity index (χ3v) is 6.34. The number of piperazine rings is 1. The van der Waals surface area contributed by atoms with Crippen molar-refractivity contribution in [2.24, 2.45) is 0 Å². The zero-order valence-corrected chi connectivity index (χ0v) is 13.8. The molecule has 0 amide bonds. The molecule has 19 heavy (non-hydrogen) atoms. The molecule has 2 atom stereocenters. The van der Waals surface area contributed by atoms with E-state index >= 15 is 0 Å². The van der Waals surface area contributed by atoms with E-state index in [1.807, 2.05) is 32.9 Å². The number of benzene rings is 1. The smallest absolute Gasteiger partial charge is 0.244 e. The summed E-state index contributed by atoms with van der Waals surface area (Å²) in [5.41, 5.74) is 1.03. The van der Waals surface area contributed by atoms with E-state index in [4.69, 9.17) is 0 Å². The molecule has 4 nitrogen and oxygen atoms in total. The van der Waals surface area contributed by atoms with Crippen LogP contribution in [0.5, 0.6) is 0 Å². The highest BCUT2D eigenvalue weighted by Gasteiger charge is 2.34. The van der Waals surface area contributed by atoms with Gasteiger partial charge in [0.25, 0.3) is 0 Å². The van der Waals surface area contributed by atoms with Crippen LogP contribution in [0.25, 0.3) is 0 Å².